The molecule has 3 aromatic carbocycles. The van der Waals surface area contributed by atoms with E-state index in [0.717, 1.165) is 16.0 Å². The number of hydrogen-bond donors (Lipinski definition) is 1. The van der Waals surface area contributed by atoms with Crippen LogP contribution >= 0.6 is 0 Å². The van der Waals surface area contributed by atoms with Gasteiger partial charge in [-0.15, -0.1) is 0 Å². The third kappa shape index (κ3) is 5.50. The van der Waals surface area contributed by atoms with Gasteiger partial charge in [0.25, 0.3) is 11.8 Å². The lowest BCUT2D eigenvalue weighted by molar-refractivity contribution is -0.130. The minimum absolute atomic E-state index is 0.0220. The molecule has 0 spiro atoms. The summed E-state index contributed by atoms with van der Waals surface area (Å²) in [6, 6.07) is 19.9. The van der Waals surface area contributed by atoms with Gasteiger partial charge in [-0.3, -0.25) is 19.8 Å². The molecule has 4 amide bonds. The quantitative estimate of drug-likeness (QED) is 0.233. The first kappa shape index (κ1) is 24.4. The third-order valence-corrected chi connectivity index (χ3v) is 5.40. The first-order valence-corrected chi connectivity index (χ1v) is 11.3. The lowest BCUT2D eigenvalue weighted by atomic mass is 10.1. The SMILES string of the molecule is CCOc1cc(C=C2C(=O)NC(=O)N(Cc3ccccc3)C2=O)ccc1OC(=O)c1cccc(C)c1. The summed E-state index contributed by atoms with van der Waals surface area (Å²) in [5, 5.41) is 2.21. The first-order chi connectivity index (χ1) is 17.4. The van der Waals surface area contributed by atoms with E-state index in [-0.39, 0.29) is 23.6 Å². The first-order valence-electron chi connectivity index (χ1n) is 11.3. The number of rotatable bonds is 7. The third-order valence-electron chi connectivity index (χ3n) is 5.40. The van der Waals surface area contributed by atoms with E-state index in [9.17, 15) is 19.2 Å². The summed E-state index contributed by atoms with van der Waals surface area (Å²) in [7, 11) is 0. The Bertz CT molecular complexity index is 1360. The van der Waals surface area contributed by atoms with Crippen molar-refractivity contribution >= 4 is 29.9 Å². The van der Waals surface area contributed by atoms with Gasteiger partial charge in [-0.2, -0.15) is 0 Å². The number of esters is 1. The molecule has 4 rings (SSSR count). The number of imide groups is 2. The molecule has 36 heavy (non-hydrogen) atoms. The van der Waals surface area contributed by atoms with E-state index in [1.54, 1.807) is 61.5 Å². The molecule has 182 valence electrons. The number of nitrogens with one attached hydrogen (secondary N) is 1. The molecule has 0 aliphatic carbocycles. The van der Waals surface area contributed by atoms with Crippen LogP contribution in [-0.4, -0.2) is 35.3 Å². The normalized spacial score (nSPS) is 14.6. The number of amides is 4. The van der Waals surface area contributed by atoms with E-state index in [4.69, 9.17) is 9.47 Å². The maximum atomic E-state index is 13.0. The second-order valence-corrected chi connectivity index (χ2v) is 8.09. The summed E-state index contributed by atoms with van der Waals surface area (Å²) < 4.78 is 11.2. The van der Waals surface area contributed by atoms with Crippen molar-refractivity contribution in [3.05, 3.63) is 101 Å². The number of benzene rings is 3. The van der Waals surface area contributed by atoms with Crippen LogP contribution in [0.3, 0.4) is 0 Å². The number of carbonyl (C=O) groups is 4. The molecule has 1 saturated heterocycles. The van der Waals surface area contributed by atoms with Crippen LogP contribution in [0.25, 0.3) is 6.08 Å². The average Bonchev–Trinajstić information content (AvgIpc) is 2.86. The van der Waals surface area contributed by atoms with Gasteiger partial charge in [-0.25, -0.2) is 9.59 Å². The Kier molecular flexibility index (Phi) is 7.25. The number of carbonyl (C=O) groups excluding carboxylic acids is 4. The summed E-state index contributed by atoms with van der Waals surface area (Å²) in [5.74, 6) is -1.56. The summed E-state index contributed by atoms with van der Waals surface area (Å²) in [6.07, 6.45) is 1.37. The van der Waals surface area contributed by atoms with E-state index in [2.05, 4.69) is 5.32 Å². The highest BCUT2D eigenvalue weighted by molar-refractivity contribution is 6.31. The van der Waals surface area contributed by atoms with Gasteiger partial charge < -0.3 is 9.47 Å². The second kappa shape index (κ2) is 10.7. The van der Waals surface area contributed by atoms with Crippen LogP contribution in [0.2, 0.25) is 0 Å². The van der Waals surface area contributed by atoms with Crippen molar-refractivity contribution in [3.63, 3.8) is 0 Å². The predicted molar refractivity (Wildman–Crippen MR) is 132 cm³/mol. The van der Waals surface area contributed by atoms with Crippen LogP contribution in [-0.2, 0) is 16.1 Å². The van der Waals surface area contributed by atoms with Crippen LogP contribution in [0.1, 0.15) is 34.0 Å². The fourth-order valence-corrected chi connectivity index (χ4v) is 3.67. The molecule has 0 saturated carbocycles. The predicted octanol–water partition coefficient (Wildman–Crippen LogP) is 4.27. The lowest BCUT2D eigenvalue weighted by Gasteiger charge is -2.26. The van der Waals surface area contributed by atoms with E-state index >= 15 is 0 Å². The summed E-state index contributed by atoms with van der Waals surface area (Å²) >= 11 is 0. The van der Waals surface area contributed by atoms with Gasteiger partial charge >= 0.3 is 12.0 Å². The molecule has 1 fully saturated rings. The molecule has 0 unspecified atom stereocenters. The van der Waals surface area contributed by atoms with Crippen molar-refractivity contribution in [1.82, 2.24) is 10.2 Å². The summed E-state index contributed by atoms with van der Waals surface area (Å²) in [5.41, 5.74) is 2.33. The van der Waals surface area contributed by atoms with Gasteiger partial charge in [-0.05, 0) is 55.3 Å². The molecule has 1 N–H and O–H groups in total. The smallest absolute Gasteiger partial charge is 0.343 e. The van der Waals surface area contributed by atoms with Gasteiger partial charge in [-0.1, -0.05) is 54.1 Å². The molecule has 1 aliphatic heterocycles. The van der Waals surface area contributed by atoms with Gasteiger partial charge in [0.1, 0.15) is 5.57 Å². The van der Waals surface area contributed by atoms with Crippen molar-refractivity contribution in [2.45, 2.75) is 20.4 Å². The minimum atomic E-state index is -0.790. The topological polar surface area (TPSA) is 102 Å². The summed E-state index contributed by atoms with van der Waals surface area (Å²) in [6.45, 7) is 3.98. The zero-order valence-corrected chi connectivity index (χ0v) is 19.8. The van der Waals surface area contributed by atoms with Crippen LogP contribution in [0.5, 0.6) is 11.5 Å². The van der Waals surface area contributed by atoms with Crippen LogP contribution in [0.4, 0.5) is 4.79 Å². The number of hydrogen-bond acceptors (Lipinski definition) is 6. The van der Waals surface area contributed by atoms with Crippen LogP contribution < -0.4 is 14.8 Å². The van der Waals surface area contributed by atoms with Crippen molar-refractivity contribution in [1.29, 1.82) is 0 Å². The molecular formula is C28H24N2O6. The Hall–Kier alpha value is -4.72. The molecule has 1 aliphatic rings. The Morgan fingerprint density at radius 3 is 2.44 bits per heavy atom. The second-order valence-electron chi connectivity index (χ2n) is 8.09. The molecule has 8 heteroatoms. The molecule has 0 bridgehead atoms. The van der Waals surface area contributed by atoms with Crippen LogP contribution in [0.15, 0.2) is 78.4 Å². The maximum Gasteiger partial charge on any atom is 0.343 e. The van der Waals surface area contributed by atoms with E-state index < -0.39 is 23.8 Å². The fraction of sp³-hybridized carbons (Fsp3) is 0.143. The van der Waals surface area contributed by atoms with E-state index in [1.165, 1.54) is 12.1 Å². The van der Waals surface area contributed by atoms with Crippen molar-refractivity contribution in [2.24, 2.45) is 0 Å². The monoisotopic (exact) mass is 484 g/mol. The molecule has 0 atom stereocenters. The Balaban J connectivity index is 1.60. The standard InChI is InChI=1S/C28H24N2O6/c1-3-35-24-16-20(12-13-23(24)36-27(33)21-11-7-8-18(2)14-21)15-22-25(31)29-28(34)30(26(22)32)17-19-9-5-4-6-10-19/h4-16H,3,17H2,1-2H3,(H,29,31,34). The van der Waals surface area contributed by atoms with Crippen molar-refractivity contribution in [2.75, 3.05) is 6.61 Å². The van der Waals surface area contributed by atoms with E-state index in [0.29, 0.717) is 17.7 Å². The number of urea groups is 1. The van der Waals surface area contributed by atoms with Crippen molar-refractivity contribution in [3.8, 4) is 11.5 Å². The average molecular weight is 485 g/mol. The molecule has 3 aromatic rings. The molecule has 0 radical (unpaired) electrons. The number of aryl methyl sites for hydroxylation is 1. The fourth-order valence-electron chi connectivity index (χ4n) is 3.67. The lowest BCUT2D eigenvalue weighted by Crippen LogP contribution is -2.53. The number of nitrogens with zero attached hydrogens (tertiary/aromatic N) is 1. The van der Waals surface area contributed by atoms with Gasteiger partial charge in [0.15, 0.2) is 11.5 Å². The maximum absolute atomic E-state index is 13.0. The van der Waals surface area contributed by atoms with Crippen molar-refractivity contribution < 1.29 is 28.7 Å². The van der Waals surface area contributed by atoms with Gasteiger partial charge in [0, 0.05) is 0 Å². The zero-order chi connectivity index (χ0) is 25.7. The Labute approximate surface area is 208 Å². The molecular weight excluding hydrogens is 460 g/mol. The molecule has 0 aromatic heterocycles. The van der Waals surface area contributed by atoms with E-state index in [1.807, 2.05) is 19.1 Å². The number of barbiturate groups is 1. The zero-order valence-electron chi connectivity index (χ0n) is 19.8. The highest BCUT2D eigenvalue weighted by atomic mass is 16.6. The minimum Gasteiger partial charge on any atom is -0.490 e. The number of ether oxygens (including phenoxy) is 2. The Morgan fingerprint density at radius 1 is 0.944 bits per heavy atom. The highest BCUT2D eigenvalue weighted by Crippen LogP contribution is 2.31. The Morgan fingerprint density at radius 2 is 1.72 bits per heavy atom. The summed E-state index contributed by atoms with van der Waals surface area (Å²) in [4.78, 5) is 51.4. The highest BCUT2D eigenvalue weighted by Gasteiger charge is 2.35. The largest absolute Gasteiger partial charge is 0.490 e. The molecule has 1 heterocycles. The van der Waals surface area contributed by atoms with Gasteiger partial charge in [0.05, 0.1) is 18.7 Å². The van der Waals surface area contributed by atoms with Crippen LogP contribution in [0, 0.1) is 6.92 Å². The molecule has 8 nitrogen and oxygen atoms in total. The van der Waals surface area contributed by atoms with Gasteiger partial charge in [0.2, 0.25) is 0 Å².